The zero-order chi connectivity index (χ0) is 24.6. The van der Waals surface area contributed by atoms with E-state index in [-0.39, 0.29) is 11.5 Å². The largest absolute Gasteiger partial charge is 0.508 e. The van der Waals surface area contributed by atoms with Gasteiger partial charge in [-0.25, -0.2) is 18.1 Å². The first-order valence-electron chi connectivity index (χ1n) is 11.6. The number of fused-ring (bicyclic) bond motifs is 1. The summed E-state index contributed by atoms with van der Waals surface area (Å²) in [4.78, 5) is 10.0. The molecule has 5 rings (SSSR count). The van der Waals surface area contributed by atoms with Crippen LogP contribution in [0.15, 0.2) is 48.7 Å². The van der Waals surface area contributed by atoms with Crippen LogP contribution < -0.4 is 4.72 Å². The fraction of sp³-hybridized carbons (Fsp3) is 0.280. The Kier molecular flexibility index (Phi) is 6.18. The molecular weight excluding hydrogens is 464 g/mol. The van der Waals surface area contributed by atoms with E-state index in [4.69, 9.17) is 0 Å². The maximum Gasteiger partial charge on any atom is 0.212 e. The van der Waals surface area contributed by atoms with Gasteiger partial charge in [0, 0.05) is 25.0 Å². The Hall–Kier alpha value is -3.47. The maximum absolute atomic E-state index is 11.7. The summed E-state index contributed by atoms with van der Waals surface area (Å²) in [5.41, 5.74) is 6.88. The molecule has 10 heteroatoms. The second-order valence-electron chi connectivity index (χ2n) is 8.66. The molecule has 0 saturated heterocycles. The first-order chi connectivity index (χ1) is 16.9. The van der Waals surface area contributed by atoms with E-state index in [1.165, 1.54) is 7.05 Å². The van der Waals surface area contributed by atoms with Crippen molar-refractivity contribution < 1.29 is 13.5 Å². The molecule has 2 aromatic carbocycles. The van der Waals surface area contributed by atoms with Crippen molar-refractivity contribution in [3.63, 3.8) is 0 Å². The molecule has 4 N–H and O–H groups in total. The van der Waals surface area contributed by atoms with Crippen molar-refractivity contribution in [1.29, 1.82) is 0 Å². The van der Waals surface area contributed by atoms with Gasteiger partial charge in [-0.3, -0.25) is 10.00 Å². The second kappa shape index (κ2) is 9.29. The Bertz CT molecular complexity index is 1520. The number of nitrogens with zero attached hydrogens (tertiary/aromatic N) is 3. The number of aryl methyl sites for hydroxylation is 1. The molecule has 0 unspecified atom stereocenters. The Morgan fingerprint density at radius 2 is 2.06 bits per heavy atom. The van der Waals surface area contributed by atoms with Crippen molar-refractivity contribution in [1.82, 2.24) is 29.8 Å². The molecule has 0 radical (unpaired) electrons. The van der Waals surface area contributed by atoms with Gasteiger partial charge in [0.2, 0.25) is 10.0 Å². The van der Waals surface area contributed by atoms with E-state index in [0.29, 0.717) is 25.5 Å². The highest BCUT2D eigenvalue weighted by Gasteiger charge is 2.20. The lowest BCUT2D eigenvalue weighted by atomic mass is 9.97. The maximum atomic E-state index is 11.7. The van der Waals surface area contributed by atoms with Gasteiger partial charge in [0.1, 0.15) is 11.4 Å². The number of aromatic amines is 2. The van der Waals surface area contributed by atoms with E-state index >= 15 is 0 Å². The third kappa shape index (κ3) is 4.72. The van der Waals surface area contributed by atoms with Crippen LogP contribution in [0.1, 0.15) is 18.2 Å². The number of phenolic OH excluding ortho intramolecular Hbond substituents is 1. The number of hydrogen-bond acceptors (Lipinski definition) is 6. The van der Waals surface area contributed by atoms with Gasteiger partial charge in [-0.1, -0.05) is 25.1 Å². The lowest BCUT2D eigenvalue weighted by molar-refractivity contribution is 0.376. The Labute approximate surface area is 204 Å². The SMILES string of the molecule is CCc1cc(O)ccc1-c1ccc2c(-c3ncc(C4=CCN(CCS(=O)(=O)NC)C4)[nH]3)n[nH]c2c1. The lowest BCUT2D eigenvalue weighted by Crippen LogP contribution is -2.32. The number of hydrogen-bond donors (Lipinski definition) is 4. The first-order valence-corrected chi connectivity index (χ1v) is 13.2. The molecule has 0 fully saturated rings. The van der Waals surface area contributed by atoms with Crippen LogP contribution in [-0.2, 0) is 16.4 Å². The zero-order valence-corrected chi connectivity index (χ0v) is 20.5. The number of phenols is 1. The molecule has 2 aromatic heterocycles. The van der Waals surface area contributed by atoms with Crippen LogP contribution >= 0.6 is 0 Å². The monoisotopic (exact) mass is 492 g/mol. The molecule has 3 heterocycles. The average molecular weight is 493 g/mol. The fourth-order valence-corrected chi connectivity index (χ4v) is 5.16. The van der Waals surface area contributed by atoms with Crippen molar-refractivity contribution in [3.8, 4) is 28.4 Å². The summed E-state index contributed by atoms with van der Waals surface area (Å²) in [6.45, 7) is 3.91. The number of aromatic nitrogens is 4. The van der Waals surface area contributed by atoms with Crippen molar-refractivity contribution in [3.05, 3.63) is 59.9 Å². The molecule has 4 aromatic rings. The van der Waals surface area contributed by atoms with Gasteiger partial charge in [0.05, 0.1) is 23.2 Å². The van der Waals surface area contributed by atoms with Gasteiger partial charge >= 0.3 is 0 Å². The summed E-state index contributed by atoms with van der Waals surface area (Å²) < 4.78 is 25.8. The highest BCUT2D eigenvalue weighted by atomic mass is 32.2. The molecular formula is C25H28N6O3S. The molecule has 35 heavy (non-hydrogen) atoms. The molecule has 0 saturated carbocycles. The number of sulfonamides is 1. The minimum atomic E-state index is -3.22. The van der Waals surface area contributed by atoms with E-state index in [9.17, 15) is 13.5 Å². The van der Waals surface area contributed by atoms with Gasteiger partial charge in [-0.15, -0.1) is 0 Å². The molecule has 1 aliphatic heterocycles. The summed E-state index contributed by atoms with van der Waals surface area (Å²) in [5.74, 6) is 1.02. The smallest absolute Gasteiger partial charge is 0.212 e. The van der Waals surface area contributed by atoms with Crippen LogP contribution in [0.4, 0.5) is 0 Å². The van der Waals surface area contributed by atoms with Crippen LogP contribution in [0.2, 0.25) is 0 Å². The van der Waals surface area contributed by atoms with E-state index in [1.54, 1.807) is 18.3 Å². The van der Waals surface area contributed by atoms with Crippen LogP contribution in [0.3, 0.4) is 0 Å². The van der Waals surface area contributed by atoms with Gasteiger partial charge in [0.25, 0.3) is 0 Å². The standard InChI is InChI=1S/C25H28N6O3S/c1-3-16-12-19(32)5-7-20(16)17-4-6-21-22(13-17)29-30-24(21)25-27-14-23(28-25)18-8-9-31(15-18)10-11-35(33,34)26-2/h4-8,12-14,26,32H,3,9-11,15H2,1-2H3,(H,27,28)(H,29,30). The molecule has 1 aliphatic rings. The lowest BCUT2D eigenvalue weighted by Gasteiger charge is -2.15. The van der Waals surface area contributed by atoms with Crippen LogP contribution in [0.5, 0.6) is 5.75 Å². The molecule has 0 aliphatic carbocycles. The van der Waals surface area contributed by atoms with E-state index < -0.39 is 10.0 Å². The number of imidazole rings is 1. The van der Waals surface area contributed by atoms with Gasteiger partial charge in [-0.05, 0) is 60.0 Å². The molecule has 0 atom stereocenters. The summed E-state index contributed by atoms with van der Waals surface area (Å²) in [7, 11) is -1.79. The molecule has 0 spiro atoms. The van der Waals surface area contributed by atoms with Crippen molar-refractivity contribution in [2.45, 2.75) is 13.3 Å². The van der Waals surface area contributed by atoms with Gasteiger partial charge in [-0.2, -0.15) is 5.10 Å². The number of aromatic hydroxyl groups is 1. The first kappa shape index (κ1) is 23.3. The average Bonchev–Trinajstić information content (AvgIpc) is 3.61. The topological polar surface area (TPSA) is 127 Å². The summed E-state index contributed by atoms with van der Waals surface area (Å²) >= 11 is 0. The second-order valence-corrected chi connectivity index (χ2v) is 10.7. The predicted octanol–water partition coefficient (Wildman–Crippen LogP) is 3.14. The van der Waals surface area contributed by atoms with Crippen LogP contribution in [-0.4, -0.2) is 71.0 Å². The molecule has 0 bridgehead atoms. The van der Waals surface area contributed by atoms with Crippen molar-refractivity contribution in [2.75, 3.05) is 32.4 Å². The normalized spacial score (nSPS) is 14.6. The number of H-pyrrole nitrogens is 2. The predicted molar refractivity (Wildman–Crippen MR) is 137 cm³/mol. The fourth-order valence-electron chi connectivity index (χ4n) is 4.45. The van der Waals surface area contributed by atoms with Crippen molar-refractivity contribution >= 4 is 26.5 Å². The minimum Gasteiger partial charge on any atom is -0.508 e. The highest BCUT2D eigenvalue weighted by Crippen LogP contribution is 2.32. The summed E-state index contributed by atoms with van der Waals surface area (Å²) in [5, 5.41) is 18.4. The number of nitrogens with one attached hydrogen (secondary N) is 3. The molecule has 182 valence electrons. The minimum absolute atomic E-state index is 0.0734. The van der Waals surface area contributed by atoms with Crippen molar-refractivity contribution in [2.24, 2.45) is 0 Å². The highest BCUT2D eigenvalue weighted by molar-refractivity contribution is 7.89. The number of rotatable bonds is 8. The van der Waals surface area contributed by atoms with Crippen LogP contribution in [0, 0.1) is 0 Å². The van der Waals surface area contributed by atoms with E-state index in [1.807, 2.05) is 12.1 Å². The Morgan fingerprint density at radius 1 is 1.20 bits per heavy atom. The van der Waals surface area contributed by atoms with E-state index in [0.717, 1.165) is 51.0 Å². The molecule has 9 nitrogen and oxygen atoms in total. The third-order valence-electron chi connectivity index (χ3n) is 6.47. The molecule has 0 amide bonds. The summed E-state index contributed by atoms with van der Waals surface area (Å²) in [6.07, 6.45) is 4.72. The summed E-state index contributed by atoms with van der Waals surface area (Å²) in [6, 6.07) is 11.6. The number of benzene rings is 2. The quantitative estimate of drug-likeness (QED) is 0.299. The van der Waals surface area contributed by atoms with Gasteiger partial charge < -0.3 is 10.1 Å². The van der Waals surface area contributed by atoms with E-state index in [2.05, 4.69) is 54.9 Å². The van der Waals surface area contributed by atoms with Crippen LogP contribution in [0.25, 0.3) is 39.1 Å². The third-order valence-corrected chi connectivity index (χ3v) is 7.81. The Balaban J connectivity index is 1.35. The van der Waals surface area contributed by atoms with Gasteiger partial charge in [0.15, 0.2) is 5.82 Å². The zero-order valence-electron chi connectivity index (χ0n) is 19.7. The Morgan fingerprint density at radius 3 is 2.86 bits per heavy atom.